The van der Waals surface area contributed by atoms with Crippen LogP contribution < -0.4 is 4.90 Å². The fraction of sp³-hybridized carbons (Fsp3) is 0. The molecule has 0 atom stereocenters. The Morgan fingerprint density at radius 2 is 1.16 bits per heavy atom. The van der Waals surface area contributed by atoms with Gasteiger partial charge < -0.3 is 9.32 Å². The van der Waals surface area contributed by atoms with E-state index in [2.05, 4.69) is 125 Å². The average Bonchev–Trinajstić information content (AvgIpc) is 3.38. The Hall–Kier alpha value is -5.15. The van der Waals surface area contributed by atoms with E-state index in [9.17, 15) is 0 Å². The molecule has 0 amide bonds. The lowest BCUT2D eigenvalue weighted by atomic mass is 10.0. The summed E-state index contributed by atoms with van der Waals surface area (Å²) in [5.41, 5.74) is 10.3. The first-order valence-electron chi connectivity index (χ1n) is 12.7. The van der Waals surface area contributed by atoms with Gasteiger partial charge in [0.2, 0.25) is 0 Å². The number of para-hydroxylation sites is 1. The maximum Gasteiger partial charge on any atom is 0.161 e. The third kappa shape index (κ3) is 3.91. The van der Waals surface area contributed by atoms with Crippen molar-refractivity contribution in [3.63, 3.8) is 0 Å². The number of pyridine rings is 1. The molecular formula is C35H24N2O. The van der Waals surface area contributed by atoms with Crippen LogP contribution >= 0.6 is 0 Å². The molecular weight excluding hydrogens is 464 g/mol. The molecule has 0 aliphatic carbocycles. The van der Waals surface area contributed by atoms with Crippen molar-refractivity contribution in [2.24, 2.45) is 0 Å². The van der Waals surface area contributed by atoms with Crippen molar-refractivity contribution in [2.45, 2.75) is 0 Å². The number of furan rings is 1. The van der Waals surface area contributed by atoms with Gasteiger partial charge in [0.05, 0.1) is 5.69 Å². The molecule has 3 heteroatoms. The lowest BCUT2D eigenvalue weighted by Crippen LogP contribution is -2.10. The van der Waals surface area contributed by atoms with Crippen molar-refractivity contribution in [1.82, 2.24) is 4.98 Å². The summed E-state index contributed by atoms with van der Waals surface area (Å²) in [6, 6.07) is 48.5. The number of anilines is 3. The number of hydrogen-bond acceptors (Lipinski definition) is 3. The zero-order valence-corrected chi connectivity index (χ0v) is 20.7. The summed E-state index contributed by atoms with van der Waals surface area (Å²) in [5.74, 6) is 0. The maximum absolute atomic E-state index is 6.41. The molecule has 5 aromatic carbocycles. The Kier molecular flexibility index (Phi) is 5.45. The third-order valence-corrected chi connectivity index (χ3v) is 6.92. The monoisotopic (exact) mass is 488 g/mol. The highest BCUT2D eigenvalue weighted by molar-refractivity contribution is 6.08. The van der Waals surface area contributed by atoms with E-state index in [0.29, 0.717) is 0 Å². The molecule has 0 aliphatic rings. The summed E-state index contributed by atoms with van der Waals surface area (Å²) in [7, 11) is 0. The van der Waals surface area contributed by atoms with E-state index in [1.54, 1.807) is 0 Å². The van der Waals surface area contributed by atoms with Gasteiger partial charge in [0.15, 0.2) is 11.2 Å². The summed E-state index contributed by atoms with van der Waals surface area (Å²) in [6.07, 6.45) is 1.81. The summed E-state index contributed by atoms with van der Waals surface area (Å²) in [6.45, 7) is 0. The van der Waals surface area contributed by atoms with Crippen LogP contribution in [0.15, 0.2) is 150 Å². The van der Waals surface area contributed by atoms with Crippen LogP contribution in [0.2, 0.25) is 0 Å². The van der Waals surface area contributed by atoms with Gasteiger partial charge in [-0.05, 0) is 70.8 Å². The van der Waals surface area contributed by atoms with Gasteiger partial charge in [-0.3, -0.25) is 4.98 Å². The van der Waals surface area contributed by atoms with Crippen LogP contribution in [0.4, 0.5) is 17.1 Å². The number of fused-ring (bicyclic) bond motifs is 3. The highest BCUT2D eigenvalue weighted by Crippen LogP contribution is 2.42. The van der Waals surface area contributed by atoms with Gasteiger partial charge in [-0.15, -0.1) is 0 Å². The van der Waals surface area contributed by atoms with Crippen molar-refractivity contribution in [3.05, 3.63) is 146 Å². The zero-order chi connectivity index (χ0) is 25.3. The standard InChI is InChI=1S/C35H24N2O/c1-3-10-25(11-4-1)27-19-21-29(22-20-27)37(30-15-7-14-28(24-30)26-12-5-2-6-13-26)32-17-8-16-31-34-33(38-35(31)32)18-9-23-36-34/h1-24H. The van der Waals surface area contributed by atoms with Gasteiger partial charge in [0.25, 0.3) is 0 Å². The van der Waals surface area contributed by atoms with E-state index in [1.165, 1.54) is 16.7 Å². The highest BCUT2D eigenvalue weighted by Gasteiger charge is 2.20. The fourth-order valence-corrected chi connectivity index (χ4v) is 5.10. The van der Waals surface area contributed by atoms with Crippen LogP contribution in [0.25, 0.3) is 44.3 Å². The van der Waals surface area contributed by atoms with Crippen LogP contribution in [-0.2, 0) is 0 Å². The first-order chi connectivity index (χ1) is 18.8. The number of aromatic nitrogens is 1. The van der Waals surface area contributed by atoms with Crippen LogP contribution in [0.1, 0.15) is 0 Å². The minimum absolute atomic E-state index is 0.785. The second-order valence-corrected chi connectivity index (χ2v) is 9.27. The lowest BCUT2D eigenvalue weighted by molar-refractivity contribution is 0.668. The zero-order valence-electron chi connectivity index (χ0n) is 20.7. The molecule has 7 rings (SSSR count). The maximum atomic E-state index is 6.41. The molecule has 0 N–H and O–H groups in total. The minimum Gasteiger partial charge on any atom is -0.452 e. The van der Waals surface area contributed by atoms with Crippen LogP contribution in [0.3, 0.4) is 0 Å². The van der Waals surface area contributed by atoms with Crippen molar-refractivity contribution >= 4 is 39.1 Å². The van der Waals surface area contributed by atoms with Crippen LogP contribution in [0, 0.1) is 0 Å². The number of benzene rings is 5. The Labute approximate surface area is 221 Å². The van der Waals surface area contributed by atoms with E-state index in [0.717, 1.165) is 44.7 Å². The summed E-state index contributed by atoms with van der Waals surface area (Å²) in [5, 5.41) is 1.00. The molecule has 3 nitrogen and oxygen atoms in total. The molecule has 0 aliphatic heterocycles. The molecule has 0 fully saturated rings. The summed E-state index contributed by atoms with van der Waals surface area (Å²) < 4.78 is 6.41. The fourth-order valence-electron chi connectivity index (χ4n) is 5.10. The van der Waals surface area contributed by atoms with Gasteiger partial charge in [-0.2, -0.15) is 0 Å². The predicted octanol–water partition coefficient (Wildman–Crippen LogP) is 9.78. The molecule has 0 saturated heterocycles. The first-order valence-corrected chi connectivity index (χ1v) is 12.7. The normalized spacial score (nSPS) is 11.2. The van der Waals surface area contributed by atoms with Crippen molar-refractivity contribution in [3.8, 4) is 22.3 Å². The number of nitrogens with zero attached hydrogens (tertiary/aromatic N) is 2. The van der Waals surface area contributed by atoms with Gasteiger partial charge in [-0.1, -0.05) is 91.0 Å². The average molecular weight is 489 g/mol. The third-order valence-electron chi connectivity index (χ3n) is 6.92. The number of hydrogen-bond donors (Lipinski definition) is 0. The van der Waals surface area contributed by atoms with Crippen molar-refractivity contribution in [2.75, 3.05) is 4.90 Å². The molecule has 0 radical (unpaired) electrons. The van der Waals surface area contributed by atoms with Gasteiger partial charge in [0, 0.05) is 23.0 Å². The van der Waals surface area contributed by atoms with Gasteiger partial charge in [0.1, 0.15) is 5.52 Å². The molecule has 2 aromatic heterocycles. The minimum atomic E-state index is 0.785. The van der Waals surface area contributed by atoms with E-state index in [-0.39, 0.29) is 0 Å². The Bertz CT molecular complexity index is 1860. The Morgan fingerprint density at radius 1 is 0.500 bits per heavy atom. The summed E-state index contributed by atoms with van der Waals surface area (Å²) >= 11 is 0. The summed E-state index contributed by atoms with van der Waals surface area (Å²) in [4.78, 5) is 6.87. The molecule has 0 unspecified atom stereocenters. The largest absolute Gasteiger partial charge is 0.452 e. The molecule has 0 spiro atoms. The van der Waals surface area contributed by atoms with Crippen molar-refractivity contribution in [1.29, 1.82) is 0 Å². The second-order valence-electron chi connectivity index (χ2n) is 9.27. The van der Waals surface area contributed by atoms with E-state index < -0.39 is 0 Å². The Morgan fingerprint density at radius 3 is 1.92 bits per heavy atom. The molecule has 180 valence electrons. The molecule has 38 heavy (non-hydrogen) atoms. The molecule has 2 heterocycles. The lowest BCUT2D eigenvalue weighted by Gasteiger charge is -2.26. The highest BCUT2D eigenvalue weighted by atomic mass is 16.3. The predicted molar refractivity (Wildman–Crippen MR) is 157 cm³/mol. The SMILES string of the molecule is c1ccc(-c2ccc(N(c3cccc(-c4ccccc4)c3)c3cccc4c3oc3cccnc34)cc2)cc1. The van der Waals surface area contributed by atoms with Gasteiger partial charge >= 0.3 is 0 Å². The van der Waals surface area contributed by atoms with E-state index >= 15 is 0 Å². The second kappa shape index (κ2) is 9.38. The molecule has 7 aromatic rings. The topological polar surface area (TPSA) is 29.3 Å². The quantitative estimate of drug-likeness (QED) is 0.241. The Balaban J connectivity index is 1.43. The first kappa shape index (κ1) is 22.1. The van der Waals surface area contributed by atoms with E-state index in [1.807, 2.05) is 30.5 Å². The smallest absolute Gasteiger partial charge is 0.161 e. The van der Waals surface area contributed by atoms with E-state index in [4.69, 9.17) is 4.42 Å². The van der Waals surface area contributed by atoms with Crippen LogP contribution in [0.5, 0.6) is 0 Å². The number of rotatable bonds is 5. The van der Waals surface area contributed by atoms with Crippen molar-refractivity contribution < 1.29 is 4.42 Å². The molecule has 0 saturated carbocycles. The van der Waals surface area contributed by atoms with Crippen LogP contribution in [-0.4, -0.2) is 4.98 Å². The molecule has 0 bridgehead atoms. The van der Waals surface area contributed by atoms with Gasteiger partial charge in [-0.25, -0.2) is 0 Å².